The van der Waals surface area contributed by atoms with Gasteiger partial charge in [-0.3, -0.25) is 0 Å². The second-order valence-corrected chi connectivity index (χ2v) is 6.12. The molecule has 1 aliphatic rings. The van der Waals surface area contributed by atoms with E-state index in [0.717, 1.165) is 0 Å². The molecule has 0 saturated carbocycles. The highest BCUT2D eigenvalue weighted by Gasteiger charge is 2.28. The minimum Gasteiger partial charge on any atom is -0.315 e. The molecular weight excluding hydrogens is 243 g/mol. The van der Waals surface area contributed by atoms with Crippen molar-refractivity contribution in [3.05, 3.63) is 35.6 Å². The quantitative estimate of drug-likeness (QED) is 0.832. The van der Waals surface area contributed by atoms with Crippen molar-refractivity contribution in [2.24, 2.45) is 0 Å². The van der Waals surface area contributed by atoms with Gasteiger partial charge in [0.15, 0.2) is 0 Å². The first kappa shape index (κ1) is 12.5. The van der Waals surface area contributed by atoms with Crippen LogP contribution < -0.4 is 10.0 Å². The van der Waals surface area contributed by atoms with E-state index >= 15 is 0 Å². The van der Waals surface area contributed by atoms with Gasteiger partial charge in [-0.05, 0) is 19.0 Å². The molecule has 0 aromatic heterocycles. The summed E-state index contributed by atoms with van der Waals surface area (Å²) < 4.78 is 39.4. The Morgan fingerprint density at radius 2 is 2.18 bits per heavy atom. The number of halogens is 1. The summed E-state index contributed by atoms with van der Waals surface area (Å²) in [6.45, 7) is 1.18. The molecule has 1 heterocycles. The van der Waals surface area contributed by atoms with E-state index in [1.807, 2.05) is 0 Å². The summed E-state index contributed by atoms with van der Waals surface area (Å²) in [7, 11) is -3.35. The SMILES string of the molecule is O=S(=O)(NCc1ccccc1F)C1CCNC1. The Morgan fingerprint density at radius 1 is 1.41 bits per heavy atom. The molecule has 2 rings (SSSR count). The maximum Gasteiger partial charge on any atom is 0.216 e. The van der Waals surface area contributed by atoms with Crippen LogP contribution in [0.25, 0.3) is 0 Å². The van der Waals surface area contributed by atoms with Crippen LogP contribution in [-0.4, -0.2) is 26.8 Å². The Hall–Kier alpha value is -0.980. The van der Waals surface area contributed by atoms with Gasteiger partial charge < -0.3 is 5.32 Å². The number of benzene rings is 1. The van der Waals surface area contributed by atoms with E-state index in [0.29, 0.717) is 25.1 Å². The van der Waals surface area contributed by atoms with Gasteiger partial charge in [0.1, 0.15) is 5.82 Å². The van der Waals surface area contributed by atoms with Crippen LogP contribution in [0.5, 0.6) is 0 Å². The molecule has 1 aromatic rings. The van der Waals surface area contributed by atoms with Gasteiger partial charge in [0.05, 0.1) is 5.25 Å². The monoisotopic (exact) mass is 258 g/mol. The molecule has 17 heavy (non-hydrogen) atoms. The van der Waals surface area contributed by atoms with E-state index in [4.69, 9.17) is 0 Å². The standard InChI is InChI=1S/C11H15FN2O2S/c12-11-4-2-1-3-9(11)7-14-17(15,16)10-5-6-13-8-10/h1-4,10,13-14H,5-8H2. The first-order valence-electron chi connectivity index (χ1n) is 5.52. The summed E-state index contributed by atoms with van der Waals surface area (Å²) in [4.78, 5) is 0. The highest BCUT2D eigenvalue weighted by atomic mass is 32.2. The lowest BCUT2D eigenvalue weighted by molar-refractivity contribution is 0.562. The van der Waals surface area contributed by atoms with Crippen LogP contribution in [0.15, 0.2) is 24.3 Å². The van der Waals surface area contributed by atoms with E-state index in [-0.39, 0.29) is 12.4 Å². The van der Waals surface area contributed by atoms with Gasteiger partial charge in [-0.1, -0.05) is 18.2 Å². The zero-order chi connectivity index (χ0) is 12.3. The van der Waals surface area contributed by atoms with Crippen molar-refractivity contribution in [2.75, 3.05) is 13.1 Å². The smallest absolute Gasteiger partial charge is 0.216 e. The normalized spacial score (nSPS) is 20.6. The number of sulfonamides is 1. The Morgan fingerprint density at radius 3 is 2.82 bits per heavy atom. The van der Waals surface area contributed by atoms with Crippen molar-refractivity contribution in [3.8, 4) is 0 Å². The molecule has 2 N–H and O–H groups in total. The summed E-state index contributed by atoms with van der Waals surface area (Å²) in [6.07, 6.45) is 0.604. The topological polar surface area (TPSA) is 58.2 Å². The number of hydrogen-bond donors (Lipinski definition) is 2. The summed E-state index contributed by atoms with van der Waals surface area (Å²) in [5, 5.41) is 2.59. The highest BCUT2D eigenvalue weighted by molar-refractivity contribution is 7.90. The van der Waals surface area contributed by atoms with Crippen molar-refractivity contribution in [1.82, 2.24) is 10.0 Å². The number of nitrogens with one attached hydrogen (secondary N) is 2. The van der Waals surface area contributed by atoms with Crippen LogP contribution in [0.4, 0.5) is 4.39 Å². The van der Waals surface area contributed by atoms with Crippen molar-refractivity contribution >= 4 is 10.0 Å². The molecule has 0 spiro atoms. The molecule has 0 bridgehead atoms. The molecule has 4 nitrogen and oxygen atoms in total. The second kappa shape index (κ2) is 5.12. The fourth-order valence-corrected chi connectivity index (χ4v) is 3.19. The van der Waals surface area contributed by atoms with Crippen LogP contribution in [0.3, 0.4) is 0 Å². The Kier molecular flexibility index (Phi) is 3.76. The predicted octanol–water partition coefficient (Wildman–Crippen LogP) is 0.607. The van der Waals surface area contributed by atoms with Crippen molar-refractivity contribution < 1.29 is 12.8 Å². The van der Waals surface area contributed by atoms with Gasteiger partial charge in [0.25, 0.3) is 0 Å². The van der Waals surface area contributed by atoms with Crippen molar-refractivity contribution in [2.45, 2.75) is 18.2 Å². The van der Waals surface area contributed by atoms with Gasteiger partial charge in [0.2, 0.25) is 10.0 Å². The zero-order valence-corrected chi connectivity index (χ0v) is 10.1. The van der Waals surface area contributed by atoms with Gasteiger partial charge in [-0.25, -0.2) is 17.5 Å². The maximum atomic E-state index is 13.3. The first-order valence-corrected chi connectivity index (χ1v) is 7.07. The molecule has 1 aromatic carbocycles. The molecule has 6 heteroatoms. The Bertz CT molecular complexity index is 484. The lowest BCUT2D eigenvalue weighted by atomic mass is 10.2. The minimum absolute atomic E-state index is 0.00546. The van der Waals surface area contributed by atoms with Crippen LogP contribution >= 0.6 is 0 Å². The van der Waals surface area contributed by atoms with E-state index in [1.54, 1.807) is 18.2 Å². The summed E-state index contributed by atoms with van der Waals surface area (Å²) >= 11 is 0. The molecule has 0 amide bonds. The third kappa shape index (κ3) is 3.02. The molecule has 1 atom stereocenters. The fraction of sp³-hybridized carbons (Fsp3) is 0.455. The number of rotatable bonds is 4. The van der Waals surface area contributed by atoms with Crippen LogP contribution in [0.2, 0.25) is 0 Å². The van der Waals surface area contributed by atoms with Crippen LogP contribution in [-0.2, 0) is 16.6 Å². The van der Waals surface area contributed by atoms with Gasteiger partial charge in [-0.15, -0.1) is 0 Å². The molecular formula is C11H15FN2O2S. The van der Waals surface area contributed by atoms with Crippen LogP contribution in [0, 0.1) is 5.82 Å². The van der Waals surface area contributed by atoms with Gasteiger partial charge in [-0.2, -0.15) is 0 Å². The third-order valence-electron chi connectivity index (χ3n) is 2.88. The molecule has 0 radical (unpaired) electrons. The average molecular weight is 258 g/mol. The molecule has 1 saturated heterocycles. The summed E-state index contributed by atoms with van der Waals surface area (Å²) in [6, 6.07) is 6.16. The van der Waals surface area contributed by atoms with Crippen LogP contribution in [0.1, 0.15) is 12.0 Å². The van der Waals surface area contributed by atoms with Crippen molar-refractivity contribution in [3.63, 3.8) is 0 Å². The molecule has 0 aliphatic carbocycles. The lowest BCUT2D eigenvalue weighted by Gasteiger charge is -2.12. The molecule has 1 aliphatic heterocycles. The largest absolute Gasteiger partial charge is 0.315 e. The van der Waals surface area contributed by atoms with E-state index in [1.165, 1.54) is 6.07 Å². The Balaban J connectivity index is 2.00. The van der Waals surface area contributed by atoms with E-state index in [9.17, 15) is 12.8 Å². The first-order chi connectivity index (χ1) is 8.09. The minimum atomic E-state index is -3.35. The maximum absolute atomic E-state index is 13.3. The zero-order valence-electron chi connectivity index (χ0n) is 9.32. The lowest BCUT2D eigenvalue weighted by Crippen LogP contribution is -2.35. The fourth-order valence-electron chi connectivity index (χ4n) is 1.83. The number of hydrogen-bond acceptors (Lipinski definition) is 3. The van der Waals surface area contributed by atoms with Gasteiger partial charge >= 0.3 is 0 Å². The third-order valence-corrected chi connectivity index (χ3v) is 4.70. The Labute approximate surface area is 100 Å². The van der Waals surface area contributed by atoms with E-state index < -0.39 is 15.3 Å². The highest BCUT2D eigenvalue weighted by Crippen LogP contribution is 2.11. The predicted molar refractivity (Wildman–Crippen MR) is 63.4 cm³/mol. The summed E-state index contributed by atoms with van der Waals surface area (Å²) in [5.74, 6) is -0.389. The molecule has 1 fully saturated rings. The second-order valence-electron chi connectivity index (χ2n) is 4.07. The van der Waals surface area contributed by atoms with Gasteiger partial charge in [0, 0.05) is 18.7 Å². The molecule has 1 unspecified atom stereocenters. The molecule has 94 valence electrons. The van der Waals surface area contributed by atoms with Crippen molar-refractivity contribution in [1.29, 1.82) is 0 Å². The van der Waals surface area contributed by atoms with E-state index in [2.05, 4.69) is 10.0 Å². The summed E-state index contributed by atoms with van der Waals surface area (Å²) in [5.41, 5.74) is 0.363. The average Bonchev–Trinajstić information content (AvgIpc) is 2.82.